The Bertz CT molecular complexity index is 897. The number of para-hydroxylation sites is 1. The Morgan fingerprint density at radius 2 is 1.75 bits per heavy atom. The molecule has 0 N–H and O–H groups in total. The Morgan fingerprint density at radius 3 is 2.56 bits per heavy atom. The molecule has 1 aromatic carbocycles. The van der Waals surface area contributed by atoms with Gasteiger partial charge in [-0.25, -0.2) is 0 Å². The molecule has 0 spiro atoms. The van der Waals surface area contributed by atoms with Gasteiger partial charge in [-0.15, -0.1) is 0 Å². The molecule has 3 heteroatoms. The number of ether oxygens (including phenoxy) is 2. The third kappa shape index (κ3) is 4.79. The van der Waals surface area contributed by atoms with Gasteiger partial charge in [0.2, 0.25) is 0 Å². The molecule has 200 valence electrons. The van der Waals surface area contributed by atoms with Crippen molar-refractivity contribution in [2.75, 3.05) is 13.2 Å². The average molecular weight is 495 g/mol. The van der Waals surface area contributed by atoms with Gasteiger partial charge < -0.3 is 14.3 Å². The number of hydrogen-bond donors (Lipinski definition) is 0. The third-order valence-corrected chi connectivity index (χ3v) is 11.9. The first kappa shape index (κ1) is 26.3. The fourth-order valence-corrected chi connectivity index (χ4v) is 9.96. The van der Waals surface area contributed by atoms with Gasteiger partial charge in [0, 0.05) is 6.42 Å². The second kappa shape index (κ2) is 10.8. The zero-order valence-corrected chi connectivity index (χ0v) is 23.3. The zero-order valence-electron chi connectivity index (χ0n) is 23.3. The minimum absolute atomic E-state index is 0.406. The topological polar surface area (TPSA) is 35.5 Å². The number of benzene rings is 1. The Morgan fingerprint density at radius 1 is 0.972 bits per heavy atom. The quantitative estimate of drug-likeness (QED) is 0.257. The van der Waals surface area contributed by atoms with Crippen LogP contribution >= 0.6 is 0 Å². The van der Waals surface area contributed by atoms with Crippen molar-refractivity contribution in [3.8, 4) is 5.75 Å². The predicted molar refractivity (Wildman–Crippen MR) is 146 cm³/mol. The highest BCUT2D eigenvalue weighted by Crippen LogP contribution is 2.68. The molecule has 4 fully saturated rings. The van der Waals surface area contributed by atoms with Gasteiger partial charge in [0.05, 0.1) is 12.7 Å². The van der Waals surface area contributed by atoms with E-state index in [1.807, 2.05) is 12.1 Å². The Hall–Kier alpha value is -1.35. The first-order valence-corrected chi connectivity index (χ1v) is 15.1. The molecule has 0 aromatic heterocycles. The second-order valence-electron chi connectivity index (χ2n) is 13.5. The summed E-state index contributed by atoms with van der Waals surface area (Å²) in [5, 5.41) is 0. The highest BCUT2D eigenvalue weighted by molar-refractivity contribution is 5.49. The Labute approximate surface area is 220 Å². The van der Waals surface area contributed by atoms with Gasteiger partial charge in [-0.3, -0.25) is 0 Å². The van der Waals surface area contributed by atoms with Gasteiger partial charge in [0.25, 0.3) is 0 Å². The van der Waals surface area contributed by atoms with E-state index in [9.17, 15) is 4.79 Å². The molecule has 0 amide bonds. The Balaban J connectivity index is 1.16. The first-order valence-electron chi connectivity index (χ1n) is 15.1. The fraction of sp³-hybridized carbons (Fsp3) is 0.788. The summed E-state index contributed by atoms with van der Waals surface area (Å²) in [5.74, 6) is 6.05. The molecular formula is C33H50O3. The molecule has 0 heterocycles. The van der Waals surface area contributed by atoms with Crippen molar-refractivity contribution in [2.45, 2.75) is 104 Å². The van der Waals surface area contributed by atoms with Crippen LogP contribution in [0.2, 0.25) is 0 Å². The smallest absolute Gasteiger partial charge is 0.122 e. The summed E-state index contributed by atoms with van der Waals surface area (Å²) in [6, 6.07) is 8.24. The lowest BCUT2D eigenvalue weighted by Crippen LogP contribution is -2.54. The molecule has 0 radical (unpaired) electrons. The molecule has 4 saturated carbocycles. The number of aldehydes is 1. The lowest BCUT2D eigenvalue weighted by Gasteiger charge is -2.61. The molecule has 9 unspecified atom stereocenters. The van der Waals surface area contributed by atoms with Crippen molar-refractivity contribution in [3.63, 3.8) is 0 Å². The standard InChI is InChI=1S/C33H50O3/c1-23(9-7-19-34)28-13-14-29-27-12-11-25-22-26(35-20-21-36-31-10-6-5-8-24(31)2)15-17-32(25,3)30(27)16-18-33(28,29)4/h5-6,8,10,19,23,25-30H,7,9,11-18,20-22H2,1-4H3. The first-order chi connectivity index (χ1) is 17.4. The summed E-state index contributed by atoms with van der Waals surface area (Å²) < 4.78 is 12.4. The van der Waals surface area contributed by atoms with Gasteiger partial charge in [-0.1, -0.05) is 39.0 Å². The maximum Gasteiger partial charge on any atom is 0.122 e. The lowest BCUT2D eigenvalue weighted by atomic mass is 9.44. The van der Waals surface area contributed by atoms with Crippen LogP contribution in [0.3, 0.4) is 0 Å². The molecule has 1 aromatic rings. The number of carbonyl (C=O) groups excluding carboxylic acids is 1. The fourth-order valence-electron chi connectivity index (χ4n) is 9.96. The molecule has 0 aliphatic heterocycles. The largest absolute Gasteiger partial charge is 0.491 e. The minimum atomic E-state index is 0.406. The molecule has 0 saturated heterocycles. The van der Waals surface area contributed by atoms with E-state index < -0.39 is 0 Å². The molecule has 36 heavy (non-hydrogen) atoms. The van der Waals surface area contributed by atoms with Crippen molar-refractivity contribution in [3.05, 3.63) is 29.8 Å². The normalized spacial score (nSPS) is 40.6. The van der Waals surface area contributed by atoms with Crippen LogP contribution in [0.25, 0.3) is 0 Å². The highest BCUT2D eigenvalue weighted by atomic mass is 16.5. The molecule has 3 nitrogen and oxygen atoms in total. The van der Waals surface area contributed by atoms with Gasteiger partial charge in [0.15, 0.2) is 0 Å². The third-order valence-electron chi connectivity index (χ3n) is 11.9. The number of fused-ring (bicyclic) bond motifs is 5. The summed E-state index contributed by atoms with van der Waals surface area (Å²) in [7, 11) is 0. The molecule has 5 rings (SSSR count). The van der Waals surface area contributed by atoms with Crippen molar-refractivity contribution >= 4 is 6.29 Å². The van der Waals surface area contributed by atoms with Crippen molar-refractivity contribution in [1.82, 2.24) is 0 Å². The van der Waals surface area contributed by atoms with Crippen LogP contribution in [0.15, 0.2) is 24.3 Å². The summed E-state index contributed by atoms with van der Waals surface area (Å²) >= 11 is 0. The van der Waals surface area contributed by atoms with Gasteiger partial charge in [-0.05, 0) is 129 Å². The molecular weight excluding hydrogens is 444 g/mol. The zero-order chi connectivity index (χ0) is 25.3. The van der Waals surface area contributed by atoms with Crippen LogP contribution in [-0.2, 0) is 9.53 Å². The summed E-state index contributed by atoms with van der Waals surface area (Å²) in [4.78, 5) is 11.0. The predicted octanol–water partition coefficient (Wildman–Crippen LogP) is 8.03. The van der Waals surface area contributed by atoms with E-state index in [0.717, 1.165) is 54.5 Å². The monoisotopic (exact) mass is 494 g/mol. The number of hydrogen-bond acceptors (Lipinski definition) is 3. The van der Waals surface area contributed by atoms with Crippen molar-refractivity contribution < 1.29 is 14.3 Å². The van der Waals surface area contributed by atoms with Crippen LogP contribution in [0.4, 0.5) is 0 Å². The van der Waals surface area contributed by atoms with E-state index in [0.29, 0.717) is 36.1 Å². The number of aryl methyl sites for hydroxylation is 1. The molecule has 4 aliphatic rings. The van der Waals surface area contributed by atoms with Crippen LogP contribution in [0.5, 0.6) is 5.75 Å². The summed E-state index contributed by atoms with van der Waals surface area (Å²) in [6.45, 7) is 11.2. The van der Waals surface area contributed by atoms with Gasteiger partial charge >= 0.3 is 0 Å². The highest BCUT2D eigenvalue weighted by Gasteiger charge is 2.60. The second-order valence-corrected chi connectivity index (χ2v) is 13.5. The molecule has 9 atom stereocenters. The summed E-state index contributed by atoms with van der Waals surface area (Å²) in [5.41, 5.74) is 2.20. The van der Waals surface area contributed by atoms with E-state index in [4.69, 9.17) is 9.47 Å². The van der Waals surface area contributed by atoms with Crippen molar-refractivity contribution in [1.29, 1.82) is 0 Å². The van der Waals surface area contributed by atoms with Crippen LogP contribution in [-0.4, -0.2) is 25.6 Å². The maximum atomic E-state index is 11.0. The molecule has 4 aliphatic carbocycles. The van der Waals surface area contributed by atoms with E-state index >= 15 is 0 Å². The van der Waals surface area contributed by atoms with Crippen LogP contribution in [0.1, 0.15) is 97.0 Å². The average Bonchev–Trinajstić information content (AvgIpc) is 3.23. The van der Waals surface area contributed by atoms with Gasteiger partial charge in [-0.2, -0.15) is 0 Å². The van der Waals surface area contributed by atoms with E-state index in [-0.39, 0.29) is 0 Å². The van der Waals surface area contributed by atoms with Crippen LogP contribution < -0.4 is 4.74 Å². The van der Waals surface area contributed by atoms with E-state index in [2.05, 4.69) is 39.8 Å². The molecule has 0 bridgehead atoms. The van der Waals surface area contributed by atoms with E-state index in [1.165, 1.54) is 63.4 Å². The van der Waals surface area contributed by atoms with Crippen molar-refractivity contribution in [2.24, 2.45) is 46.3 Å². The minimum Gasteiger partial charge on any atom is -0.491 e. The SMILES string of the molecule is Cc1ccccc1OCCOC1CCC2(C)C(CCC3C2CCC2(C)C(C(C)CCC=O)CCC32)C1. The van der Waals surface area contributed by atoms with E-state index in [1.54, 1.807) is 0 Å². The summed E-state index contributed by atoms with van der Waals surface area (Å²) in [6.07, 6.45) is 15.7. The van der Waals surface area contributed by atoms with Crippen LogP contribution in [0, 0.1) is 53.3 Å². The maximum absolute atomic E-state index is 11.0. The Kier molecular flexibility index (Phi) is 7.87. The lowest BCUT2D eigenvalue weighted by molar-refractivity contribution is -0.137. The number of carbonyl (C=O) groups is 1. The number of rotatable bonds is 9. The van der Waals surface area contributed by atoms with Gasteiger partial charge in [0.1, 0.15) is 18.6 Å².